The molecule has 0 atom stereocenters. The second-order valence-corrected chi connectivity index (χ2v) is 3.97. The fourth-order valence-corrected chi connectivity index (χ4v) is 1.76. The van der Waals surface area contributed by atoms with Crippen LogP contribution in [0.15, 0.2) is 28.4 Å². The van der Waals surface area contributed by atoms with Gasteiger partial charge in [0.1, 0.15) is 0 Å². The molecule has 15 heavy (non-hydrogen) atoms. The van der Waals surface area contributed by atoms with Crippen molar-refractivity contribution in [1.29, 1.82) is 0 Å². The highest BCUT2D eigenvalue weighted by molar-refractivity contribution is 8.14. The molecule has 0 saturated carbocycles. The highest BCUT2D eigenvalue weighted by atomic mass is 32.2. The second kappa shape index (κ2) is 3.82. The van der Waals surface area contributed by atoms with Crippen molar-refractivity contribution >= 4 is 22.6 Å². The first kappa shape index (κ1) is 9.85. The predicted octanol–water partition coefficient (Wildman–Crippen LogP) is 0.863. The third-order valence-corrected chi connectivity index (χ3v) is 2.73. The van der Waals surface area contributed by atoms with Gasteiger partial charge in [-0.15, -0.1) is 5.10 Å². The van der Waals surface area contributed by atoms with Crippen LogP contribution in [0, 0.1) is 0 Å². The number of benzene rings is 1. The van der Waals surface area contributed by atoms with E-state index in [1.54, 1.807) is 6.07 Å². The Balaban J connectivity index is 2.35. The van der Waals surface area contributed by atoms with Crippen LogP contribution in [0.4, 0.5) is 0 Å². The second-order valence-electron chi connectivity index (χ2n) is 2.98. The fraction of sp³-hybridized carbons (Fsp3) is 0.111. The summed E-state index contributed by atoms with van der Waals surface area (Å²) in [6.07, 6.45) is 0. The van der Waals surface area contributed by atoms with E-state index in [0.29, 0.717) is 10.9 Å². The van der Waals surface area contributed by atoms with E-state index >= 15 is 0 Å². The molecule has 0 aromatic heterocycles. The molecule has 1 aliphatic rings. The number of aromatic hydroxyl groups is 2. The topological polar surface area (TPSA) is 91.2 Å². The summed E-state index contributed by atoms with van der Waals surface area (Å²) in [6.45, 7) is 0. The molecule has 0 aliphatic carbocycles. The lowest BCUT2D eigenvalue weighted by molar-refractivity contribution is 0.403. The Labute approximate surface area is 90.3 Å². The number of nitrogens with zero attached hydrogens (tertiary/aromatic N) is 2. The molecule has 2 rings (SSSR count). The fourth-order valence-electron chi connectivity index (χ4n) is 1.15. The molecular weight excluding hydrogens is 214 g/mol. The van der Waals surface area contributed by atoms with Gasteiger partial charge in [-0.1, -0.05) is 11.8 Å². The molecule has 0 unspecified atom stereocenters. The summed E-state index contributed by atoms with van der Waals surface area (Å²) in [5, 5.41) is 26.5. The van der Waals surface area contributed by atoms with Gasteiger partial charge in [0.05, 0.1) is 5.71 Å². The van der Waals surface area contributed by atoms with E-state index in [2.05, 4.69) is 10.2 Å². The molecule has 0 saturated heterocycles. The summed E-state index contributed by atoms with van der Waals surface area (Å²) in [5.74, 6) is 0.299. The average Bonchev–Trinajstić information content (AvgIpc) is 2.23. The van der Waals surface area contributed by atoms with E-state index in [1.807, 2.05) is 0 Å². The van der Waals surface area contributed by atoms with Crippen molar-refractivity contribution in [3.63, 3.8) is 0 Å². The molecule has 0 spiro atoms. The van der Waals surface area contributed by atoms with Crippen LogP contribution >= 0.6 is 11.8 Å². The SMILES string of the molecule is NC1=NN=C(c2ccc(O)c(O)c2)CS1. The van der Waals surface area contributed by atoms with Gasteiger partial charge < -0.3 is 15.9 Å². The van der Waals surface area contributed by atoms with Gasteiger partial charge in [-0.05, 0) is 18.2 Å². The first-order chi connectivity index (χ1) is 7.16. The quantitative estimate of drug-likeness (QED) is 0.616. The zero-order chi connectivity index (χ0) is 10.8. The summed E-state index contributed by atoms with van der Waals surface area (Å²) in [5.41, 5.74) is 6.90. The van der Waals surface area contributed by atoms with Crippen molar-refractivity contribution in [2.24, 2.45) is 15.9 Å². The zero-order valence-corrected chi connectivity index (χ0v) is 8.53. The molecule has 1 aromatic rings. The maximum Gasteiger partial charge on any atom is 0.180 e. The van der Waals surface area contributed by atoms with Crippen LogP contribution in [0.2, 0.25) is 0 Å². The lowest BCUT2D eigenvalue weighted by atomic mass is 10.1. The molecule has 1 aliphatic heterocycles. The van der Waals surface area contributed by atoms with Gasteiger partial charge in [0.2, 0.25) is 0 Å². The van der Waals surface area contributed by atoms with Crippen LogP contribution in [-0.2, 0) is 0 Å². The van der Waals surface area contributed by atoms with Gasteiger partial charge in [0.15, 0.2) is 16.7 Å². The third kappa shape index (κ3) is 2.04. The first-order valence-electron chi connectivity index (χ1n) is 4.22. The zero-order valence-electron chi connectivity index (χ0n) is 7.71. The van der Waals surface area contributed by atoms with Gasteiger partial charge in [-0.2, -0.15) is 5.10 Å². The standard InChI is InChI=1S/C9H9N3O2S/c10-9-12-11-6(4-15-9)5-1-2-7(13)8(14)3-5/h1-3,13-14H,4H2,(H2,10,12). The van der Waals surface area contributed by atoms with Crippen molar-refractivity contribution in [2.75, 3.05) is 5.75 Å². The monoisotopic (exact) mass is 223 g/mol. The molecule has 0 bridgehead atoms. The van der Waals surface area contributed by atoms with Crippen molar-refractivity contribution < 1.29 is 10.2 Å². The summed E-state index contributed by atoms with van der Waals surface area (Å²) >= 11 is 1.38. The largest absolute Gasteiger partial charge is 0.504 e. The Hall–Kier alpha value is -1.69. The molecule has 78 valence electrons. The summed E-state index contributed by atoms with van der Waals surface area (Å²) < 4.78 is 0. The number of hydrogen-bond acceptors (Lipinski definition) is 6. The van der Waals surface area contributed by atoms with Crippen LogP contribution in [-0.4, -0.2) is 26.8 Å². The maximum atomic E-state index is 9.31. The summed E-state index contributed by atoms with van der Waals surface area (Å²) in [4.78, 5) is 0. The van der Waals surface area contributed by atoms with E-state index in [0.717, 1.165) is 11.3 Å². The van der Waals surface area contributed by atoms with Crippen LogP contribution in [0.1, 0.15) is 5.56 Å². The van der Waals surface area contributed by atoms with Crippen molar-refractivity contribution in [3.8, 4) is 11.5 Å². The third-order valence-electron chi connectivity index (χ3n) is 1.93. The lowest BCUT2D eigenvalue weighted by Gasteiger charge is -2.09. The number of amidine groups is 1. The molecule has 1 aromatic carbocycles. The van der Waals surface area contributed by atoms with Crippen molar-refractivity contribution in [2.45, 2.75) is 0 Å². The van der Waals surface area contributed by atoms with Crippen molar-refractivity contribution in [1.82, 2.24) is 0 Å². The van der Waals surface area contributed by atoms with Crippen LogP contribution in [0.3, 0.4) is 0 Å². The maximum absolute atomic E-state index is 9.31. The molecule has 0 fully saturated rings. The average molecular weight is 223 g/mol. The highest BCUT2D eigenvalue weighted by Crippen LogP contribution is 2.26. The minimum Gasteiger partial charge on any atom is -0.504 e. The van der Waals surface area contributed by atoms with E-state index in [4.69, 9.17) is 10.8 Å². The van der Waals surface area contributed by atoms with E-state index in [1.165, 1.54) is 23.9 Å². The Morgan fingerprint density at radius 2 is 2.00 bits per heavy atom. The number of phenolic OH excluding ortho intramolecular Hbond substituents is 2. The molecule has 0 amide bonds. The van der Waals surface area contributed by atoms with Gasteiger partial charge in [0.25, 0.3) is 0 Å². The normalized spacial score (nSPS) is 15.7. The van der Waals surface area contributed by atoms with Gasteiger partial charge in [-0.25, -0.2) is 0 Å². The van der Waals surface area contributed by atoms with E-state index < -0.39 is 0 Å². The van der Waals surface area contributed by atoms with E-state index in [9.17, 15) is 5.11 Å². The van der Waals surface area contributed by atoms with Gasteiger partial charge >= 0.3 is 0 Å². The molecule has 5 nitrogen and oxygen atoms in total. The highest BCUT2D eigenvalue weighted by Gasteiger charge is 2.11. The molecule has 4 N–H and O–H groups in total. The van der Waals surface area contributed by atoms with Crippen molar-refractivity contribution in [3.05, 3.63) is 23.8 Å². The number of phenols is 2. The molecule has 6 heteroatoms. The number of hydrogen-bond donors (Lipinski definition) is 3. The minimum atomic E-state index is -0.164. The lowest BCUT2D eigenvalue weighted by Crippen LogP contribution is -2.16. The summed E-state index contributed by atoms with van der Waals surface area (Å²) in [7, 11) is 0. The van der Waals surface area contributed by atoms with Gasteiger partial charge in [0, 0.05) is 11.3 Å². The Morgan fingerprint density at radius 1 is 1.20 bits per heavy atom. The minimum absolute atomic E-state index is 0.147. The molecule has 1 heterocycles. The predicted molar refractivity (Wildman–Crippen MR) is 60.4 cm³/mol. The van der Waals surface area contributed by atoms with Gasteiger partial charge in [-0.3, -0.25) is 0 Å². The van der Waals surface area contributed by atoms with Crippen LogP contribution in [0.5, 0.6) is 11.5 Å². The van der Waals surface area contributed by atoms with Crippen LogP contribution in [0.25, 0.3) is 0 Å². The Kier molecular flexibility index (Phi) is 2.51. The molecule has 0 radical (unpaired) electrons. The summed E-state index contributed by atoms with van der Waals surface area (Å²) in [6, 6.07) is 4.54. The number of rotatable bonds is 1. The van der Waals surface area contributed by atoms with Crippen LogP contribution < -0.4 is 5.73 Å². The Morgan fingerprint density at radius 3 is 2.60 bits per heavy atom. The first-order valence-corrected chi connectivity index (χ1v) is 5.20. The smallest absolute Gasteiger partial charge is 0.180 e. The van der Waals surface area contributed by atoms with E-state index in [-0.39, 0.29) is 11.5 Å². The molecular formula is C9H9N3O2S. The Bertz CT molecular complexity index is 457. The number of nitrogens with two attached hydrogens (primary N) is 1. The number of thioether (sulfide) groups is 1.